The predicted octanol–water partition coefficient (Wildman–Crippen LogP) is 1.87. The third-order valence-electron chi connectivity index (χ3n) is 2.82. The van der Waals surface area contributed by atoms with E-state index < -0.39 is 5.69 Å². The number of rotatable bonds is 3. The number of hydrogen-bond donors (Lipinski definition) is 2. The summed E-state index contributed by atoms with van der Waals surface area (Å²) < 4.78 is 0. The fourth-order valence-corrected chi connectivity index (χ4v) is 1.84. The van der Waals surface area contributed by atoms with Gasteiger partial charge in [0.25, 0.3) is 0 Å². The summed E-state index contributed by atoms with van der Waals surface area (Å²) in [6.07, 6.45) is 0. The van der Waals surface area contributed by atoms with Crippen molar-refractivity contribution in [2.24, 2.45) is 0 Å². The van der Waals surface area contributed by atoms with Crippen molar-refractivity contribution in [3.8, 4) is 6.07 Å². The fraction of sp³-hybridized carbons (Fsp3) is 0.214. The summed E-state index contributed by atoms with van der Waals surface area (Å²) in [5, 5.41) is 11.8. The van der Waals surface area contributed by atoms with Crippen molar-refractivity contribution >= 4 is 5.82 Å². The van der Waals surface area contributed by atoms with Crippen LogP contribution in [0.4, 0.5) is 5.82 Å². The minimum absolute atomic E-state index is 0.197. The number of hydrogen-bond acceptors (Lipinski definition) is 4. The van der Waals surface area contributed by atoms with Crippen LogP contribution >= 0.6 is 0 Å². The molecule has 5 nitrogen and oxygen atoms in total. The van der Waals surface area contributed by atoms with E-state index in [0.29, 0.717) is 12.4 Å². The monoisotopic (exact) mass is 254 g/mol. The van der Waals surface area contributed by atoms with Crippen LogP contribution in [0.25, 0.3) is 0 Å². The van der Waals surface area contributed by atoms with Gasteiger partial charge in [-0.3, -0.25) is 4.98 Å². The van der Waals surface area contributed by atoms with Crippen molar-refractivity contribution in [3.05, 3.63) is 57.1 Å². The van der Waals surface area contributed by atoms with Crippen molar-refractivity contribution in [1.29, 1.82) is 5.26 Å². The highest BCUT2D eigenvalue weighted by Gasteiger charge is 2.02. The molecule has 1 aromatic carbocycles. The lowest BCUT2D eigenvalue weighted by Gasteiger charge is -2.09. The second-order valence-corrected chi connectivity index (χ2v) is 4.38. The molecule has 0 unspecified atom stereocenters. The van der Waals surface area contributed by atoms with Gasteiger partial charge in [0.05, 0.1) is 0 Å². The van der Waals surface area contributed by atoms with E-state index in [2.05, 4.69) is 21.4 Å². The zero-order valence-corrected chi connectivity index (χ0v) is 10.8. The molecule has 2 aromatic rings. The van der Waals surface area contributed by atoms with Crippen LogP contribution in [0.3, 0.4) is 0 Å². The molecular formula is C14H14N4O. The highest BCUT2D eigenvalue weighted by atomic mass is 16.1. The first-order valence-electron chi connectivity index (χ1n) is 5.90. The predicted molar refractivity (Wildman–Crippen MR) is 72.8 cm³/mol. The highest BCUT2D eigenvalue weighted by molar-refractivity contribution is 5.41. The number of nitrogens with one attached hydrogen (secondary N) is 2. The van der Waals surface area contributed by atoms with Gasteiger partial charge in [-0.2, -0.15) is 10.2 Å². The Morgan fingerprint density at radius 3 is 2.84 bits per heavy atom. The Labute approximate surface area is 110 Å². The molecule has 96 valence electrons. The second-order valence-electron chi connectivity index (χ2n) is 4.38. The Morgan fingerprint density at radius 1 is 1.37 bits per heavy atom. The maximum Gasteiger partial charge on any atom is 0.347 e. The number of aryl methyl sites for hydroxylation is 2. The van der Waals surface area contributed by atoms with Gasteiger partial charge in [-0.25, -0.2) is 4.79 Å². The van der Waals surface area contributed by atoms with Crippen molar-refractivity contribution in [1.82, 2.24) is 9.97 Å². The van der Waals surface area contributed by atoms with Crippen LogP contribution in [0.15, 0.2) is 29.1 Å². The number of aromatic amines is 1. The van der Waals surface area contributed by atoms with Crippen molar-refractivity contribution in [3.63, 3.8) is 0 Å². The molecule has 0 aliphatic carbocycles. The lowest BCUT2D eigenvalue weighted by molar-refractivity contribution is 1.02. The molecule has 1 heterocycles. The van der Waals surface area contributed by atoms with Gasteiger partial charge in [-0.15, -0.1) is 0 Å². The van der Waals surface area contributed by atoms with Gasteiger partial charge < -0.3 is 5.32 Å². The summed E-state index contributed by atoms with van der Waals surface area (Å²) in [5.74, 6) is 0.403. The summed E-state index contributed by atoms with van der Waals surface area (Å²) in [6.45, 7) is 4.64. The van der Waals surface area contributed by atoms with E-state index in [-0.39, 0.29) is 5.69 Å². The van der Waals surface area contributed by atoms with Gasteiger partial charge in [-0.1, -0.05) is 23.8 Å². The molecule has 0 radical (unpaired) electrons. The zero-order valence-electron chi connectivity index (χ0n) is 10.8. The number of nitriles is 1. The van der Waals surface area contributed by atoms with Gasteiger partial charge in [0.2, 0.25) is 0 Å². The average molecular weight is 254 g/mol. The lowest BCUT2D eigenvalue weighted by Crippen LogP contribution is -2.15. The van der Waals surface area contributed by atoms with Gasteiger partial charge in [0.1, 0.15) is 17.6 Å². The summed E-state index contributed by atoms with van der Waals surface area (Å²) in [4.78, 5) is 17.4. The summed E-state index contributed by atoms with van der Waals surface area (Å²) in [6, 6.07) is 9.58. The molecular weight excluding hydrogens is 240 g/mol. The van der Waals surface area contributed by atoms with Crippen LogP contribution in [0.1, 0.15) is 22.4 Å². The minimum Gasteiger partial charge on any atom is -0.366 e. The Kier molecular flexibility index (Phi) is 3.62. The topological polar surface area (TPSA) is 81.6 Å². The molecule has 5 heteroatoms. The summed E-state index contributed by atoms with van der Waals surface area (Å²) >= 11 is 0. The maximum absolute atomic E-state index is 11.2. The molecule has 2 rings (SSSR count). The average Bonchev–Trinajstić information content (AvgIpc) is 2.37. The van der Waals surface area contributed by atoms with Crippen LogP contribution in [0, 0.1) is 25.2 Å². The van der Waals surface area contributed by atoms with E-state index in [9.17, 15) is 4.79 Å². The first-order chi connectivity index (χ1) is 9.08. The zero-order chi connectivity index (χ0) is 13.8. The first-order valence-corrected chi connectivity index (χ1v) is 5.90. The van der Waals surface area contributed by atoms with E-state index in [0.717, 1.165) is 5.56 Å². The van der Waals surface area contributed by atoms with Gasteiger partial charge in [-0.05, 0) is 25.0 Å². The lowest BCUT2D eigenvalue weighted by atomic mass is 10.1. The Hall–Kier alpha value is -2.61. The SMILES string of the molecule is Cc1ccc(CNc2cc(C#N)[nH]c(=O)n2)c(C)c1. The molecule has 2 N–H and O–H groups in total. The van der Waals surface area contributed by atoms with E-state index in [4.69, 9.17) is 5.26 Å². The number of aromatic nitrogens is 2. The number of anilines is 1. The van der Waals surface area contributed by atoms with Crippen LogP contribution in [-0.4, -0.2) is 9.97 Å². The standard InChI is InChI=1S/C14H14N4O/c1-9-3-4-11(10(2)5-9)8-16-13-6-12(7-15)17-14(19)18-13/h3-6H,8H2,1-2H3,(H2,16,17,18,19). The van der Waals surface area contributed by atoms with E-state index in [1.807, 2.05) is 32.0 Å². The molecule has 0 bridgehead atoms. The third-order valence-corrected chi connectivity index (χ3v) is 2.82. The molecule has 0 spiro atoms. The van der Waals surface area contributed by atoms with Gasteiger partial charge in [0, 0.05) is 12.6 Å². The van der Waals surface area contributed by atoms with E-state index in [1.54, 1.807) is 0 Å². The van der Waals surface area contributed by atoms with Crippen LogP contribution < -0.4 is 11.0 Å². The number of benzene rings is 1. The van der Waals surface area contributed by atoms with Crippen LogP contribution in [0.5, 0.6) is 0 Å². The molecule has 0 aliphatic heterocycles. The first kappa shape index (κ1) is 12.8. The van der Waals surface area contributed by atoms with E-state index in [1.165, 1.54) is 17.2 Å². The molecule has 0 fully saturated rings. The largest absolute Gasteiger partial charge is 0.366 e. The molecule has 0 saturated heterocycles. The maximum atomic E-state index is 11.2. The highest BCUT2D eigenvalue weighted by Crippen LogP contribution is 2.12. The molecule has 0 aliphatic rings. The Balaban J connectivity index is 2.17. The normalized spacial score (nSPS) is 9.95. The van der Waals surface area contributed by atoms with Crippen molar-refractivity contribution < 1.29 is 0 Å². The number of H-pyrrole nitrogens is 1. The smallest absolute Gasteiger partial charge is 0.347 e. The minimum atomic E-state index is -0.526. The Bertz CT molecular complexity index is 697. The molecule has 0 amide bonds. The summed E-state index contributed by atoms with van der Waals surface area (Å²) in [7, 11) is 0. The molecule has 0 saturated carbocycles. The van der Waals surface area contributed by atoms with Gasteiger partial charge >= 0.3 is 5.69 Å². The molecule has 1 aromatic heterocycles. The quantitative estimate of drug-likeness (QED) is 0.876. The van der Waals surface area contributed by atoms with Crippen LogP contribution in [-0.2, 0) is 6.54 Å². The van der Waals surface area contributed by atoms with E-state index >= 15 is 0 Å². The fourth-order valence-electron chi connectivity index (χ4n) is 1.84. The number of nitrogens with zero attached hydrogens (tertiary/aromatic N) is 2. The van der Waals surface area contributed by atoms with Gasteiger partial charge in [0.15, 0.2) is 0 Å². The second kappa shape index (κ2) is 5.36. The van der Waals surface area contributed by atoms with Crippen LogP contribution in [0.2, 0.25) is 0 Å². The summed E-state index contributed by atoms with van der Waals surface area (Å²) in [5.41, 5.74) is 3.19. The van der Waals surface area contributed by atoms with Crippen molar-refractivity contribution in [2.45, 2.75) is 20.4 Å². The molecule has 19 heavy (non-hydrogen) atoms. The third kappa shape index (κ3) is 3.19. The van der Waals surface area contributed by atoms with Crippen molar-refractivity contribution in [2.75, 3.05) is 5.32 Å². The Morgan fingerprint density at radius 2 is 2.16 bits per heavy atom. The molecule has 0 atom stereocenters.